The molecule has 0 saturated heterocycles. The summed E-state index contributed by atoms with van der Waals surface area (Å²) in [6.07, 6.45) is 1.77. The standard InChI is InChI=1S/C13H18BrNO3/c1-3-4-15(5-6-16)9-10-7-11(14)8-12(18-2)13(10)17/h3,7-8,16-17H,1,4-6,9H2,2H3. The lowest BCUT2D eigenvalue weighted by Crippen LogP contribution is -2.26. The van der Waals surface area contributed by atoms with E-state index in [4.69, 9.17) is 9.84 Å². The van der Waals surface area contributed by atoms with Crippen LogP contribution in [0.3, 0.4) is 0 Å². The summed E-state index contributed by atoms with van der Waals surface area (Å²) in [5.41, 5.74) is 0.747. The topological polar surface area (TPSA) is 52.9 Å². The van der Waals surface area contributed by atoms with Gasteiger partial charge in [-0.1, -0.05) is 22.0 Å². The number of hydrogen-bond acceptors (Lipinski definition) is 4. The van der Waals surface area contributed by atoms with E-state index < -0.39 is 0 Å². The smallest absolute Gasteiger partial charge is 0.162 e. The van der Waals surface area contributed by atoms with Gasteiger partial charge in [0.25, 0.3) is 0 Å². The second-order valence-electron chi connectivity index (χ2n) is 3.86. The van der Waals surface area contributed by atoms with E-state index in [0.717, 1.165) is 10.0 Å². The van der Waals surface area contributed by atoms with Gasteiger partial charge in [-0.3, -0.25) is 4.90 Å². The number of rotatable bonds is 7. The first-order valence-electron chi connectivity index (χ1n) is 5.61. The van der Waals surface area contributed by atoms with Crippen LogP contribution in [0.1, 0.15) is 5.56 Å². The maximum atomic E-state index is 10.0. The molecule has 0 aliphatic carbocycles. The second-order valence-corrected chi connectivity index (χ2v) is 4.78. The highest BCUT2D eigenvalue weighted by atomic mass is 79.9. The van der Waals surface area contributed by atoms with Gasteiger partial charge in [-0.05, 0) is 12.1 Å². The predicted octanol–water partition coefficient (Wildman–Crippen LogP) is 2.14. The molecule has 0 bridgehead atoms. The fraction of sp³-hybridized carbons (Fsp3) is 0.385. The summed E-state index contributed by atoms with van der Waals surface area (Å²) >= 11 is 3.38. The van der Waals surface area contributed by atoms with Gasteiger partial charge in [0.2, 0.25) is 0 Å². The minimum absolute atomic E-state index is 0.0692. The molecule has 0 spiro atoms. The van der Waals surface area contributed by atoms with Crippen LogP contribution in [0.25, 0.3) is 0 Å². The molecule has 0 fully saturated rings. The van der Waals surface area contributed by atoms with Crippen molar-refractivity contribution in [2.24, 2.45) is 0 Å². The molecule has 0 amide bonds. The molecule has 1 aromatic carbocycles. The van der Waals surface area contributed by atoms with Crippen LogP contribution in [-0.4, -0.2) is 41.9 Å². The number of hydrogen-bond donors (Lipinski definition) is 2. The largest absolute Gasteiger partial charge is 0.504 e. The van der Waals surface area contributed by atoms with Gasteiger partial charge in [0.1, 0.15) is 0 Å². The van der Waals surface area contributed by atoms with Gasteiger partial charge in [0.05, 0.1) is 13.7 Å². The van der Waals surface area contributed by atoms with E-state index in [-0.39, 0.29) is 12.4 Å². The van der Waals surface area contributed by atoms with Crippen molar-refractivity contribution in [3.63, 3.8) is 0 Å². The molecule has 100 valence electrons. The Labute approximate surface area is 116 Å². The lowest BCUT2D eigenvalue weighted by atomic mass is 10.1. The highest BCUT2D eigenvalue weighted by Gasteiger charge is 2.12. The van der Waals surface area contributed by atoms with Crippen LogP contribution in [0.4, 0.5) is 0 Å². The quantitative estimate of drug-likeness (QED) is 0.757. The number of benzene rings is 1. The molecule has 0 heterocycles. The Kier molecular flexibility index (Phi) is 6.18. The Morgan fingerprint density at radius 1 is 1.50 bits per heavy atom. The number of methoxy groups -OCH3 is 1. The SMILES string of the molecule is C=CCN(CCO)Cc1cc(Br)cc(OC)c1O. The zero-order valence-electron chi connectivity index (χ0n) is 10.4. The van der Waals surface area contributed by atoms with Crippen LogP contribution in [-0.2, 0) is 6.54 Å². The maximum Gasteiger partial charge on any atom is 0.162 e. The molecule has 18 heavy (non-hydrogen) atoms. The van der Waals surface area contributed by atoms with E-state index in [0.29, 0.717) is 25.4 Å². The van der Waals surface area contributed by atoms with Crippen molar-refractivity contribution < 1.29 is 14.9 Å². The van der Waals surface area contributed by atoms with E-state index in [9.17, 15) is 5.11 Å². The molecule has 1 rings (SSSR count). The molecule has 1 aromatic rings. The van der Waals surface area contributed by atoms with Crippen LogP contribution in [0, 0.1) is 0 Å². The van der Waals surface area contributed by atoms with Crippen LogP contribution in [0.5, 0.6) is 11.5 Å². The Hall–Kier alpha value is -1.04. The van der Waals surface area contributed by atoms with Gasteiger partial charge in [-0.25, -0.2) is 0 Å². The van der Waals surface area contributed by atoms with Gasteiger partial charge in [0.15, 0.2) is 11.5 Å². The van der Waals surface area contributed by atoms with Gasteiger partial charge >= 0.3 is 0 Å². The normalized spacial score (nSPS) is 10.7. The van der Waals surface area contributed by atoms with E-state index in [2.05, 4.69) is 22.5 Å². The first-order chi connectivity index (χ1) is 8.62. The zero-order valence-corrected chi connectivity index (χ0v) is 12.0. The van der Waals surface area contributed by atoms with Gasteiger partial charge in [-0.2, -0.15) is 0 Å². The summed E-state index contributed by atoms with van der Waals surface area (Å²) in [5, 5.41) is 19.0. The summed E-state index contributed by atoms with van der Waals surface area (Å²) in [4.78, 5) is 1.98. The molecule has 0 aliphatic rings. The van der Waals surface area contributed by atoms with Gasteiger partial charge in [0, 0.05) is 29.7 Å². The molecular formula is C13H18BrNO3. The molecule has 0 aromatic heterocycles. The molecular weight excluding hydrogens is 298 g/mol. The third-order valence-corrected chi connectivity index (χ3v) is 2.99. The summed E-state index contributed by atoms with van der Waals surface area (Å²) in [6, 6.07) is 3.55. The lowest BCUT2D eigenvalue weighted by molar-refractivity contribution is 0.202. The molecule has 4 nitrogen and oxygen atoms in total. The second kappa shape index (κ2) is 7.41. The lowest BCUT2D eigenvalue weighted by Gasteiger charge is -2.20. The number of nitrogens with zero attached hydrogens (tertiary/aromatic N) is 1. The predicted molar refractivity (Wildman–Crippen MR) is 74.9 cm³/mol. The molecule has 0 saturated carbocycles. The summed E-state index contributed by atoms with van der Waals surface area (Å²) in [5.74, 6) is 0.564. The number of halogens is 1. The third kappa shape index (κ3) is 4.01. The first-order valence-corrected chi connectivity index (χ1v) is 6.41. The first kappa shape index (κ1) is 15.0. The molecule has 0 aliphatic heterocycles. The van der Waals surface area contributed by atoms with Crippen LogP contribution in [0.2, 0.25) is 0 Å². The number of aliphatic hydroxyl groups excluding tert-OH is 1. The number of aliphatic hydroxyl groups is 1. The van der Waals surface area contributed by atoms with Crippen molar-refractivity contribution in [2.45, 2.75) is 6.54 Å². The van der Waals surface area contributed by atoms with Crippen molar-refractivity contribution in [1.29, 1.82) is 0 Å². The Morgan fingerprint density at radius 3 is 2.78 bits per heavy atom. The van der Waals surface area contributed by atoms with Crippen LogP contribution in [0.15, 0.2) is 29.3 Å². The maximum absolute atomic E-state index is 10.0. The van der Waals surface area contributed by atoms with E-state index in [1.165, 1.54) is 7.11 Å². The molecule has 2 N–H and O–H groups in total. The summed E-state index contributed by atoms with van der Waals surface area (Å²) < 4.78 is 5.94. The number of ether oxygens (including phenoxy) is 1. The molecule has 5 heteroatoms. The fourth-order valence-corrected chi connectivity index (χ4v) is 2.19. The summed E-state index contributed by atoms with van der Waals surface area (Å²) in [7, 11) is 1.51. The monoisotopic (exact) mass is 315 g/mol. The minimum atomic E-state index is 0.0692. The van der Waals surface area contributed by atoms with Crippen LogP contribution >= 0.6 is 15.9 Å². The average molecular weight is 316 g/mol. The van der Waals surface area contributed by atoms with E-state index in [1.807, 2.05) is 11.0 Å². The third-order valence-electron chi connectivity index (χ3n) is 2.54. The minimum Gasteiger partial charge on any atom is -0.504 e. The number of aromatic hydroxyl groups is 1. The van der Waals surface area contributed by atoms with Gasteiger partial charge < -0.3 is 14.9 Å². The fourth-order valence-electron chi connectivity index (χ4n) is 1.70. The highest BCUT2D eigenvalue weighted by molar-refractivity contribution is 9.10. The zero-order chi connectivity index (χ0) is 13.5. The Bertz CT molecular complexity index is 409. The molecule has 0 atom stereocenters. The van der Waals surface area contributed by atoms with Crippen LogP contribution < -0.4 is 4.74 Å². The molecule has 0 radical (unpaired) electrons. The molecule has 0 unspecified atom stereocenters. The van der Waals surface area contributed by atoms with Crippen molar-refractivity contribution in [2.75, 3.05) is 26.8 Å². The summed E-state index contributed by atoms with van der Waals surface area (Å²) in [6.45, 7) is 5.45. The van der Waals surface area contributed by atoms with E-state index in [1.54, 1.807) is 12.1 Å². The Balaban J connectivity index is 2.93. The van der Waals surface area contributed by atoms with Crippen molar-refractivity contribution in [1.82, 2.24) is 4.90 Å². The highest BCUT2D eigenvalue weighted by Crippen LogP contribution is 2.34. The average Bonchev–Trinajstić information content (AvgIpc) is 2.34. The van der Waals surface area contributed by atoms with Crippen molar-refractivity contribution in [3.8, 4) is 11.5 Å². The Morgan fingerprint density at radius 2 is 2.22 bits per heavy atom. The van der Waals surface area contributed by atoms with E-state index >= 15 is 0 Å². The van der Waals surface area contributed by atoms with Crippen molar-refractivity contribution in [3.05, 3.63) is 34.8 Å². The number of phenols is 1. The van der Waals surface area contributed by atoms with Gasteiger partial charge in [-0.15, -0.1) is 6.58 Å². The van der Waals surface area contributed by atoms with Crippen molar-refractivity contribution >= 4 is 15.9 Å². The number of phenolic OH excluding ortho intramolecular Hbond substituents is 1.